The summed E-state index contributed by atoms with van der Waals surface area (Å²) in [7, 11) is 0. The van der Waals surface area contributed by atoms with Crippen molar-refractivity contribution in [3.05, 3.63) is 47.7 Å². The molecule has 3 atom stereocenters. The summed E-state index contributed by atoms with van der Waals surface area (Å²) in [4.78, 5) is 16.5. The molecule has 1 amide bonds. The molecular formula is C18H18F3N3O3. The van der Waals surface area contributed by atoms with Crippen LogP contribution >= 0.6 is 0 Å². The number of hydrogen-bond donors (Lipinski definition) is 2. The molecule has 1 aliphatic carbocycles. The van der Waals surface area contributed by atoms with E-state index in [9.17, 15) is 18.0 Å². The van der Waals surface area contributed by atoms with Crippen molar-refractivity contribution in [1.29, 1.82) is 0 Å². The van der Waals surface area contributed by atoms with Gasteiger partial charge in [-0.2, -0.15) is 0 Å². The van der Waals surface area contributed by atoms with Gasteiger partial charge in [0.15, 0.2) is 12.1 Å². The van der Waals surface area contributed by atoms with Gasteiger partial charge in [-0.05, 0) is 43.0 Å². The molecule has 2 aromatic rings. The third-order valence-electron chi connectivity index (χ3n) is 5.11. The average Bonchev–Trinajstić information content (AvgIpc) is 3.31. The first kappa shape index (κ1) is 17.8. The number of carbonyl (C=O) groups excluding carboxylic acids is 1. The summed E-state index contributed by atoms with van der Waals surface area (Å²) < 4.78 is 45.8. The molecule has 1 aromatic carbocycles. The maximum atomic E-state index is 12.4. The van der Waals surface area contributed by atoms with Crippen LogP contribution in [0.3, 0.4) is 0 Å². The smallest absolute Gasteiger partial charge is 0.447 e. The number of fused-ring (bicyclic) bond motifs is 1. The van der Waals surface area contributed by atoms with E-state index in [4.69, 9.17) is 4.42 Å². The van der Waals surface area contributed by atoms with Crippen molar-refractivity contribution in [2.75, 3.05) is 13.1 Å². The number of hydrogen-bond acceptors (Lipinski definition) is 5. The van der Waals surface area contributed by atoms with Crippen molar-refractivity contribution in [3.63, 3.8) is 0 Å². The summed E-state index contributed by atoms with van der Waals surface area (Å²) in [5.41, 5.74) is 1.10. The Balaban J connectivity index is 1.30. The standard InChI is InChI=1S/C18H18F3N3O3/c19-18(20,21)27-12-3-1-10(2-4-12)5-6-22-17(25)15-16(26-9-24-15)14-11-7-13(14)23-8-11/h1-4,9,11,13-14,23H,5-8H2,(H,22,25). The topological polar surface area (TPSA) is 76.4 Å². The fourth-order valence-corrected chi connectivity index (χ4v) is 3.80. The third kappa shape index (κ3) is 3.78. The zero-order chi connectivity index (χ0) is 19.0. The van der Waals surface area contributed by atoms with E-state index < -0.39 is 6.36 Å². The number of nitrogens with zero attached hydrogens (tertiary/aromatic N) is 1. The van der Waals surface area contributed by atoms with Gasteiger partial charge in [0.1, 0.15) is 11.5 Å². The number of amides is 1. The summed E-state index contributed by atoms with van der Waals surface area (Å²) in [6.45, 7) is 1.27. The van der Waals surface area contributed by atoms with Gasteiger partial charge >= 0.3 is 6.36 Å². The molecule has 1 aromatic heterocycles. The molecule has 3 heterocycles. The van der Waals surface area contributed by atoms with Gasteiger partial charge in [-0.1, -0.05) is 12.1 Å². The van der Waals surface area contributed by atoms with Gasteiger partial charge in [-0.3, -0.25) is 4.79 Å². The summed E-state index contributed by atoms with van der Waals surface area (Å²) in [6, 6.07) is 5.92. The predicted octanol–water partition coefficient (Wildman–Crippen LogP) is 2.62. The number of aromatic nitrogens is 1. The van der Waals surface area contributed by atoms with Crippen molar-refractivity contribution in [2.24, 2.45) is 5.92 Å². The second-order valence-corrected chi connectivity index (χ2v) is 6.80. The second-order valence-electron chi connectivity index (χ2n) is 6.80. The van der Waals surface area contributed by atoms with Gasteiger partial charge in [0.25, 0.3) is 5.91 Å². The molecule has 1 saturated carbocycles. The van der Waals surface area contributed by atoms with Crippen LogP contribution in [0.2, 0.25) is 0 Å². The van der Waals surface area contributed by atoms with Crippen molar-refractivity contribution >= 4 is 5.91 Å². The maximum absolute atomic E-state index is 12.4. The fourth-order valence-electron chi connectivity index (χ4n) is 3.80. The predicted molar refractivity (Wildman–Crippen MR) is 88.3 cm³/mol. The molecule has 9 heteroatoms. The summed E-state index contributed by atoms with van der Waals surface area (Å²) in [6.07, 6.45) is -1.84. The van der Waals surface area contributed by atoms with Crippen LogP contribution < -0.4 is 15.4 Å². The van der Waals surface area contributed by atoms with Gasteiger partial charge < -0.3 is 19.8 Å². The number of nitrogens with one attached hydrogen (secondary N) is 2. The molecule has 0 spiro atoms. The van der Waals surface area contributed by atoms with Crippen LogP contribution in [-0.4, -0.2) is 36.4 Å². The molecule has 144 valence electrons. The molecular weight excluding hydrogens is 363 g/mol. The van der Waals surface area contributed by atoms with E-state index in [1.807, 2.05) is 0 Å². The molecule has 27 heavy (non-hydrogen) atoms. The second kappa shape index (κ2) is 6.88. The summed E-state index contributed by atoms with van der Waals surface area (Å²) >= 11 is 0. The van der Waals surface area contributed by atoms with Crippen LogP contribution in [0.5, 0.6) is 5.75 Å². The Labute approximate surface area is 153 Å². The molecule has 0 radical (unpaired) electrons. The van der Waals surface area contributed by atoms with E-state index in [0.717, 1.165) is 18.5 Å². The van der Waals surface area contributed by atoms with E-state index in [2.05, 4.69) is 20.4 Å². The number of benzene rings is 1. The molecule has 6 nitrogen and oxygen atoms in total. The van der Waals surface area contributed by atoms with Gasteiger partial charge in [0.05, 0.1) is 0 Å². The Morgan fingerprint density at radius 2 is 2.11 bits per heavy atom. The first-order valence-corrected chi connectivity index (χ1v) is 8.70. The highest BCUT2D eigenvalue weighted by Crippen LogP contribution is 2.47. The SMILES string of the molecule is O=C(NCCc1ccc(OC(F)(F)F)cc1)c1ncoc1C1C2CNC1C2. The minimum Gasteiger partial charge on any atom is -0.447 e. The van der Waals surface area contributed by atoms with Gasteiger partial charge in [-0.15, -0.1) is 13.2 Å². The molecule has 5 rings (SSSR count). The highest BCUT2D eigenvalue weighted by molar-refractivity contribution is 5.93. The van der Waals surface area contributed by atoms with Crippen LogP contribution in [0.1, 0.15) is 34.2 Å². The van der Waals surface area contributed by atoms with E-state index in [1.165, 1.54) is 30.7 Å². The van der Waals surface area contributed by atoms with Crippen molar-refractivity contribution in [3.8, 4) is 5.75 Å². The van der Waals surface area contributed by atoms with Gasteiger partial charge in [0.2, 0.25) is 0 Å². The Kier molecular flexibility index (Phi) is 4.55. The number of halogens is 3. The fraction of sp³-hybridized carbons (Fsp3) is 0.444. The Morgan fingerprint density at radius 3 is 2.74 bits per heavy atom. The number of rotatable bonds is 6. The molecule has 3 unspecified atom stereocenters. The number of oxazole rings is 1. The first-order chi connectivity index (χ1) is 12.9. The quantitative estimate of drug-likeness (QED) is 0.805. The lowest BCUT2D eigenvalue weighted by atomic mass is 9.72. The summed E-state index contributed by atoms with van der Waals surface area (Å²) in [5, 5.41) is 6.17. The highest BCUT2D eigenvalue weighted by Gasteiger charge is 2.50. The molecule has 2 aliphatic heterocycles. The van der Waals surface area contributed by atoms with Gasteiger partial charge in [0, 0.05) is 18.5 Å². The molecule has 2 bridgehead atoms. The van der Waals surface area contributed by atoms with Crippen LogP contribution in [0.15, 0.2) is 35.1 Å². The molecule has 2 N–H and O–H groups in total. The van der Waals surface area contributed by atoms with E-state index in [1.54, 1.807) is 0 Å². The van der Waals surface area contributed by atoms with E-state index in [-0.39, 0.29) is 17.6 Å². The Bertz CT molecular complexity index is 805. The largest absolute Gasteiger partial charge is 0.573 e. The van der Waals surface area contributed by atoms with Crippen LogP contribution in [0.4, 0.5) is 13.2 Å². The number of alkyl halides is 3. The normalized spacial score (nSPS) is 23.7. The Morgan fingerprint density at radius 1 is 1.33 bits per heavy atom. The highest BCUT2D eigenvalue weighted by atomic mass is 19.4. The van der Waals surface area contributed by atoms with Crippen molar-refractivity contribution < 1.29 is 27.1 Å². The average molecular weight is 381 g/mol. The van der Waals surface area contributed by atoms with Crippen LogP contribution in [-0.2, 0) is 6.42 Å². The Hall–Kier alpha value is -2.55. The van der Waals surface area contributed by atoms with E-state index in [0.29, 0.717) is 36.4 Å². The van der Waals surface area contributed by atoms with Crippen molar-refractivity contribution in [1.82, 2.24) is 15.6 Å². The monoisotopic (exact) mass is 381 g/mol. The minimum atomic E-state index is -4.71. The lowest BCUT2D eigenvalue weighted by molar-refractivity contribution is -0.274. The molecule has 3 aliphatic rings. The zero-order valence-electron chi connectivity index (χ0n) is 14.3. The van der Waals surface area contributed by atoms with Crippen LogP contribution in [0, 0.1) is 5.92 Å². The van der Waals surface area contributed by atoms with Crippen LogP contribution in [0.25, 0.3) is 0 Å². The molecule has 3 fully saturated rings. The lowest BCUT2D eigenvalue weighted by Gasteiger charge is -2.32. The number of carbonyl (C=O) groups is 1. The van der Waals surface area contributed by atoms with Crippen molar-refractivity contribution in [2.45, 2.75) is 31.2 Å². The first-order valence-electron chi connectivity index (χ1n) is 8.70. The summed E-state index contributed by atoms with van der Waals surface area (Å²) in [5.74, 6) is 0.752. The van der Waals surface area contributed by atoms with Gasteiger partial charge in [-0.25, -0.2) is 4.98 Å². The molecule has 2 saturated heterocycles. The van der Waals surface area contributed by atoms with E-state index >= 15 is 0 Å². The number of ether oxygens (including phenoxy) is 1. The minimum absolute atomic E-state index is 0.203. The maximum Gasteiger partial charge on any atom is 0.573 e. The lowest BCUT2D eigenvalue weighted by Crippen LogP contribution is -2.36. The zero-order valence-corrected chi connectivity index (χ0v) is 14.3. The third-order valence-corrected chi connectivity index (χ3v) is 5.11.